The molecule has 1 N–H and O–H groups in total. The summed E-state index contributed by atoms with van der Waals surface area (Å²) >= 11 is 3.36. The number of likely N-dealkylation sites (N-methyl/N-ethyl adjacent to an activating group) is 1. The van der Waals surface area contributed by atoms with Gasteiger partial charge in [-0.25, -0.2) is 0 Å². The fraction of sp³-hybridized carbons (Fsp3) is 0.533. The maximum atomic E-state index is 12.1. The van der Waals surface area contributed by atoms with Gasteiger partial charge in [-0.15, -0.1) is 0 Å². The zero-order chi connectivity index (χ0) is 15.0. The molecule has 20 heavy (non-hydrogen) atoms. The van der Waals surface area contributed by atoms with Gasteiger partial charge in [-0.05, 0) is 50.5 Å². The Labute approximate surface area is 128 Å². The first-order valence-electron chi connectivity index (χ1n) is 6.82. The molecule has 0 bridgehead atoms. The quantitative estimate of drug-likeness (QED) is 0.738. The molecule has 1 aromatic rings. The lowest BCUT2D eigenvalue weighted by Gasteiger charge is -2.22. The summed E-state index contributed by atoms with van der Waals surface area (Å²) in [5.74, 6) is 0.652. The van der Waals surface area contributed by atoms with Gasteiger partial charge in [-0.3, -0.25) is 4.79 Å². The second kappa shape index (κ2) is 8.97. The number of unbranched alkanes of at least 4 members (excludes halogenated alkanes) is 2. The van der Waals surface area contributed by atoms with Crippen LogP contribution in [0.5, 0.6) is 5.75 Å². The van der Waals surface area contributed by atoms with Crippen molar-refractivity contribution in [3.8, 4) is 5.75 Å². The Morgan fingerprint density at radius 3 is 2.55 bits per heavy atom. The third-order valence-corrected chi connectivity index (χ3v) is 3.53. The number of amides is 1. The van der Waals surface area contributed by atoms with Crippen LogP contribution in [0.25, 0.3) is 0 Å². The number of aliphatic hydroxyl groups is 1. The zero-order valence-corrected chi connectivity index (χ0v) is 13.6. The summed E-state index contributed by atoms with van der Waals surface area (Å²) in [6, 6.07) is 7.42. The van der Waals surface area contributed by atoms with E-state index in [-0.39, 0.29) is 12.5 Å². The summed E-state index contributed by atoms with van der Waals surface area (Å²) in [5.41, 5.74) is 0. The number of nitrogens with zero attached hydrogens (tertiary/aromatic N) is 1. The lowest BCUT2D eigenvalue weighted by molar-refractivity contribution is -0.136. The summed E-state index contributed by atoms with van der Waals surface area (Å²) in [4.78, 5) is 13.8. The Bertz CT molecular complexity index is 408. The van der Waals surface area contributed by atoms with E-state index < -0.39 is 6.10 Å². The van der Waals surface area contributed by atoms with Crippen molar-refractivity contribution in [2.45, 2.75) is 32.3 Å². The van der Waals surface area contributed by atoms with E-state index in [2.05, 4.69) is 15.9 Å². The molecule has 0 saturated heterocycles. The summed E-state index contributed by atoms with van der Waals surface area (Å²) in [7, 11) is 1.78. The minimum absolute atomic E-state index is 0.0306. The molecule has 1 aromatic carbocycles. The van der Waals surface area contributed by atoms with Crippen LogP contribution in [-0.2, 0) is 4.79 Å². The van der Waals surface area contributed by atoms with Crippen molar-refractivity contribution in [3.63, 3.8) is 0 Å². The number of hydrogen-bond acceptors (Lipinski definition) is 3. The molecular weight excluding hydrogens is 322 g/mol. The largest absolute Gasteiger partial charge is 0.481 e. The Morgan fingerprint density at radius 1 is 1.30 bits per heavy atom. The SMILES string of the molecule is CC(Oc1ccc(Br)cc1)C(=O)N(C)CCCCCO. The Balaban J connectivity index is 2.39. The van der Waals surface area contributed by atoms with Crippen LogP contribution in [0.1, 0.15) is 26.2 Å². The number of aliphatic hydroxyl groups excluding tert-OH is 1. The highest BCUT2D eigenvalue weighted by Crippen LogP contribution is 2.17. The van der Waals surface area contributed by atoms with Gasteiger partial charge in [0.15, 0.2) is 6.10 Å². The number of carbonyl (C=O) groups excluding carboxylic acids is 1. The van der Waals surface area contributed by atoms with E-state index in [1.165, 1.54) is 0 Å². The Kier molecular flexibility index (Phi) is 7.62. The van der Waals surface area contributed by atoms with Gasteiger partial charge in [0.25, 0.3) is 5.91 Å². The number of ether oxygens (including phenoxy) is 1. The average molecular weight is 344 g/mol. The first-order valence-corrected chi connectivity index (χ1v) is 7.62. The van der Waals surface area contributed by atoms with Crippen molar-refractivity contribution < 1.29 is 14.6 Å². The molecule has 0 spiro atoms. The standard InChI is InChI=1S/C15H22BrNO3/c1-12(20-14-8-6-13(16)7-9-14)15(19)17(2)10-4-3-5-11-18/h6-9,12,18H,3-5,10-11H2,1-2H3. The predicted octanol–water partition coefficient (Wildman–Crippen LogP) is 2.84. The van der Waals surface area contributed by atoms with Crippen molar-refractivity contribution in [3.05, 3.63) is 28.7 Å². The van der Waals surface area contributed by atoms with Crippen molar-refractivity contribution in [2.24, 2.45) is 0 Å². The van der Waals surface area contributed by atoms with Crippen molar-refractivity contribution in [1.82, 2.24) is 4.90 Å². The lowest BCUT2D eigenvalue weighted by Crippen LogP contribution is -2.38. The highest BCUT2D eigenvalue weighted by atomic mass is 79.9. The number of halogens is 1. The van der Waals surface area contributed by atoms with Crippen LogP contribution < -0.4 is 4.74 Å². The third kappa shape index (κ3) is 5.92. The molecular formula is C15H22BrNO3. The average Bonchev–Trinajstić information content (AvgIpc) is 2.45. The van der Waals surface area contributed by atoms with Crippen molar-refractivity contribution >= 4 is 21.8 Å². The van der Waals surface area contributed by atoms with E-state index in [9.17, 15) is 4.79 Å². The van der Waals surface area contributed by atoms with Gasteiger partial charge < -0.3 is 14.7 Å². The number of benzene rings is 1. The van der Waals surface area contributed by atoms with Gasteiger partial charge in [0, 0.05) is 24.7 Å². The Morgan fingerprint density at radius 2 is 1.95 bits per heavy atom. The molecule has 0 aliphatic heterocycles. The van der Waals surface area contributed by atoms with Gasteiger partial charge >= 0.3 is 0 Å². The van der Waals surface area contributed by atoms with E-state index in [1.807, 2.05) is 24.3 Å². The Hall–Kier alpha value is -1.07. The molecule has 0 fully saturated rings. The molecule has 1 rings (SSSR count). The first-order chi connectivity index (χ1) is 9.54. The molecule has 0 aliphatic carbocycles. The third-order valence-electron chi connectivity index (χ3n) is 3.00. The molecule has 0 aromatic heterocycles. The molecule has 0 aliphatic rings. The topological polar surface area (TPSA) is 49.8 Å². The van der Waals surface area contributed by atoms with Crippen LogP contribution in [0.2, 0.25) is 0 Å². The molecule has 1 unspecified atom stereocenters. The van der Waals surface area contributed by atoms with Crippen LogP contribution in [0.4, 0.5) is 0 Å². The minimum Gasteiger partial charge on any atom is -0.481 e. The maximum absolute atomic E-state index is 12.1. The summed E-state index contributed by atoms with van der Waals surface area (Å²) in [6.07, 6.45) is 2.11. The van der Waals surface area contributed by atoms with E-state index in [4.69, 9.17) is 9.84 Å². The van der Waals surface area contributed by atoms with Gasteiger partial charge in [-0.2, -0.15) is 0 Å². The smallest absolute Gasteiger partial charge is 0.263 e. The number of rotatable bonds is 8. The van der Waals surface area contributed by atoms with Gasteiger partial charge in [0.1, 0.15) is 5.75 Å². The molecule has 0 radical (unpaired) electrons. The van der Waals surface area contributed by atoms with Crippen LogP contribution >= 0.6 is 15.9 Å². The van der Waals surface area contributed by atoms with Gasteiger partial charge in [-0.1, -0.05) is 15.9 Å². The molecule has 0 heterocycles. The fourth-order valence-corrected chi connectivity index (χ4v) is 2.09. The van der Waals surface area contributed by atoms with Crippen LogP contribution in [0.15, 0.2) is 28.7 Å². The second-order valence-electron chi connectivity index (χ2n) is 4.76. The summed E-state index contributed by atoms with van der Waals surface area (Å²) in [6.45, 7) is 2.65. The normalized spacial score (nSPS) is 12.0. The molecule has 112 valence electrons. The molecule has 0 saturated carbocycles. The highest BCUT2D eigenvalue weighted by Gasteiger charge is 2.18. The first kappa shape index (κ1) is 17.0. The molecule has 1 amide bonds. The van der Waals surface area contributed by atoms with Crippen LogP contribution in [0, 0.1) is 0 Å². The molecule has 4 nitrogen and oxygen atoms in total. The number of carbonyl (C=O) groups is 1. The van der Waals surface area contributed by atoms with Crippen molar-refractivity contribution in [2.75, 3.05) is 20.2 Å². The maximum Gasteiger partial charge on any atom is 0.263 e. The van der Waals surface area contributed by atoms with E-state index in [0.29, 0.717) is 12.3 Å². The van der Waals surface area contributed by atoms with Crippen LogP contribution in [0.3, 0.4) is 0 Å². The summed E-state index contributed by atoms with van der Waals surface area (Å²) < 4.78 is 6.60. The minimum atomic E-state index is -0.501. The second-order valence-corrected chi connectivity index (χ2v) is 5.67. The van der Waals surface area contributed by atoms with E-state index >= 15 is 0 Å². The van der Waals surface area contributed by atoms with Gasteiger partial charge in [0.2, 0.25) is 0 Å². The van der Waals surface area contributed by atoms with Gasteiger partial charge in [0.05, 0.1) is 0 Å². The van der Waals surface area contributed by atoms with Crippen LogP contribution in [-0.4, -0.2) is 42.2 Å². The van der Waals surface area contributed by atoms with E-state index in [1.54, 1.807) is 18.9 Å². The summed E-state index contributed by atoms with van der Waals surface area (Å²) in [5, 5.41) is 8.71. The fourth-order valence-electron chi connectivity index (χ4n) is 1.83. The number of hydrogen-bond donors (Lipinski definition) is 1. The molecule has 1 atom stereocenters. The van der Waals surface area contributed by atoms with Crippen molar-refractivity contribution in [1.29, 1.82) is 0 Å². The van der Waals surface area contributed by atoms with E-state index in [0.717, 1.165) is 23.7 Å². The highest BCUT2D eigenvalue weighted by molar-refractivity contribution is 9.10. The zero-order valence-electron chi connectivity index (χ0n) is 12.0. The molecule has 5 heteroatoms. The lowest BCUT2D eigenvalue weighted by atomic mass is 10.2. The predicted molar refractivity (Wildman–Crippen MR) is 82.8 cm³/mol. The monoisotopic (exact) mass is 343 g/mol.